The monoisotopic (exact) mass is 559 g/mol. The highest BCUT2D eigenvalue weighted by atomic mass is 127. The van der Waals surface area contributed by atoms with Crippen molar-refractivity contribution in [2.75, 3.05) is 26.5 Å². The van der Waals surface area contributed by atoms with Gasteiger partial charge in [-0.2, -0.15) is 0 Å². The van der Waals surface area contributed by atoms with Crippen LogP contribution in [-0.4, -0.2) is 40.8 Å². The maximum absolute atomic E-state index is 11.8. The molecule has 0 bridgehead atoms. The fraction of sp³-hybridized carbons (Fsp3) is 0.435. The second-order valence-corrected chi connectivity index (χ2v) is 9.28. The average molecular weight is 560 g/mol. The maximum Gasteiger partial charge on any atom is 0.191 e. The van der Waals surface area contributed by atoms with E-state index in [1.54, 1.807) is 13.2 Å². The largest absolute Gasteiger partial charge is 0.497 e. The van der Waals surface area contributed by atoms with Crippen LogP contribution >= 0.6 is 24.0 Å². The normalized spacial score (nSPS) is 11.5. The average Bonchev–Trinajstić information content (AvgIpc) is 2.71. The first kappa shape index (κ1) is 27.2. The molecule has 0 atom stereocenters. The highest BCUT2D eigenvalue weighted by Crippen LogP contribution is 2.17. The first-order chi connectivity index (χ1) is 14.3. The number of ether oxygens (including phenoxy) is 1. The molecule has 172 valence electrons. The number of hydrogen-bond donors (Lipinski definition) is 2. The van der Waals surface area contributed by atoms with Gasteiger partial charge in [0, 0.05) is 19.3 Å². The first-order valence-electron chi connectivity index (χ1n) is 10.3. The first-order valence-corrected chi connectivity index (χ1v) is 12.2. The summed E-state index contributed by atoms with van der Waals surface area (Å²) in [7, 11) is -1.52. The van der Waals surface area contributed by atoms with Crippen LogP contribution in [0.25, 0.3) is 0 Å². The summed E-state index contributed by atoms with van der Waals surface area (Å²) in [5.74, 6) is 1.65. The molecule has 8 heteroatoms. The summed E-state index contributed by atoms with van der Waals surface area (Å²) in [5, 5.41) is 6.62. The molecule has 0 heterocycles. The van der Waals surface area contributed by atoms with Gasteiger partial charge in [0.1, 0.15) is 5.75 Å². The number of aryl methyl sites for hydroxylation is 2. The minimum absolute atomic E-state index is 0. The third-order valence-corrected chi connectivity index (χ3v) is 6.00. The van der Waals surface area contributed by atoms with Gasteiger partial charge in [0.15, 0.2) is 15.8 Å². The van der Waals surface area contributed by atoms with Crippen molar-refractivity contribution in [2.24, 2.45) is 4.99 Å². The van der Waals surface area contributed by atoms with Crippen LogP contribution in [0.4, 0.5) is 0 Å². The Hall–Kier alpha value is -1.81. The van der Waals surface area contributed by atoms with Crippen LogP contribution in [0.2, 0.25) is 0 Å². The van der Waals surface area contributed by atoms with Crippen molar-refractivity contribution in [3.05, 3.63) is 59.2 Å². The number of aliphatic imine (C=N–C) groups is 1. The Kier molecular flexibility index (Phi) is 11.9. The van der Waals surface area contributed by atoms with Gasteiger partial charge < -0.3 is 15.4 Å². The summed E-state index contributed by atoms with van der Waals surface area (Å²) in [6.07, 6.45) is 4.39. The Morgan fingerprint density at radius 2 is 1.71 bits per heavy atom. The van der Waals surface area contributed by atoms with Crippen LogP contribution in [-0.2, 0) is 22.8 Å². The molecule has 0 unspecified atom stereocenters. The maximum atomic E-state index is 11.8. The molecule has 31 heavy (non-hydrogen) atoms. The molecule has 0 aromatic heterocycles. The van der Waals surface area contributed by atoms with Gasteiger partial charge in [0.05, 0.1) is 18.6 Å². The van der Waals surface area contributed by atoms with E-state index >= 15 is 0 Å². The van der Waals surface area contributed by atoms with Crippen molar-refractivity contribution in [1.29, 1.82) is 0 Å². The highest BCUT2D eigenvalue weighted by molar-refractivity contribution is 14.0. The van der Waals surface area contributed by atoms with E-state index in [1.165, 1.54) is 11.8 Å². The summed E-state index contributed by atoms with van der Waals surface area (Å²) in [6.45, 7) is 5.96. The Morgan fingerprint density at radius 3 is 2.29 bits per heavy atom. The predicted octanol–water partition coefficient (Wildman–Crippen LogP) is 4.10. The predicted molar refractivity (Wildman–Crippen MR) is 138 cm³/mol. The van der Waals surface area contributed by atoms with Crippen molar-refractivity contribution in [3.8, 4) is 5.75 Å². The van der Waals surface area contributed by atoms with Crippen LogP contribution in [0.1, 0.15) is 36.5 Å². The van der Waals surface area contributed by atoms with E-state index < -0.39 is 9.84 Å². The second-order valence-electron chi connectivity index (χ2n) is 7.30. The van der Waals surface area contributed by atoms with E-state index in [9.17, 15) is 8.42 Å². The number of methoxy groups -OCH3 is 1. The molecule has 0 radical (unpaired) electrons. The molecule has 2 rings (SSSR count). The number of rotatable bonds is 10. The van der Waals surface area contributed by atoms with Crippen molar-refractivity contribution in [1.82, 2.24) is 10.6 Å². The zero-order chi connectivity index (χ0) is 22.0. The number of hydrogen-bond acceptors (Lipinski definition) is 4. The fourth-order valence-corrected chi connectivity index (χ4v) is 4.15. The minimum Gasteiger partial charge on any atom is -0.497 e. The number of sulfone groups is 1. The van der Waals surface area contributed by atoms with Crippen LogP contribution in [0.15, 0.2) is 52.4 Å². The standard InChI is InChI=1S/C23H33N3O3S.HI/c1-5-24-23(25-15-7-6-8-19-9-12-21(29-3)13-10-19)26-17-20-11-14-22(18(2)16-20)30(4,27)28;/h9-14,16H,5-8,15,17H2,1-4H3,(H2,24,25,26);1H. The molecule has 0 amide bonds. The number of guanidine groups is 1. The Morgan fingerprint density at radius 1 is 1.03 bits per heavy atom. The van der Waals surface area contributed by atoms with Gasteiger partial charge in [-0.1, -0.05) is 24.3 Å². The van der Waals surface area contributed by atoms with Crippen LogP contribution in [0, 0.1) is 6.92 Å². The van der Waals surface area contributed by atoms with Crippen LogP contribution in [0.5, 0.6) is 5.75 Å². The van der Waals surface area contributed by atoms with Gasteiger partial charge >= 0.3 is 0 Å². The van der Waals surface area contributed by atoms with Crippen molar-refractivity contribution >= 4 is 39.8 Å². The van der Waals surface area contributed by atoms with Gasteiger partial charge in [0.2, 0.25) is 0 Å². The molecular formula is C23H34IN3O3S. The lowest BCUT2D eigenvalue weighted by atomic mass is 10.1. The zero-order valence-corrected chi connectivity index (χ0v) is 21.9. The fourth-order valence-electron chi connectivity index (χ4n) is 3.19. The van der Waals surface area contributed by atoms with E-state index in [1.807, 2.05) is 38.1 Å². The van der Waals surface area contributed by atoms with Crippen LogP contribution in [0.3, 0.4) is 0 Å². The van der Waals surface area contributed by atoms with Gasteiger partial charge in [-0.3, -0.25) is 0 Å². The minimum atomic E-state index is -3.20. The smallest absolute Gasteiger partial charge is 0.191 e. The van der Waals surface area contributed by atoms with Crippen molar-refractivity contribution in [2.45, 2.75) is 44.6 Å². The molecule has 0 saturated heterocycles. The summed E-state index contributed by atoms with van der Waals surface area (Å²) < 4.78 is 28.7. The van der Waals surface area contributed by atoms with Gasteiger partial charge in [-0.15, -0.1) is 24.0 Å². The summed E-state index contributed by atoms with van der Waals surface area (Å²) in [4.78, 5) is 4.99. The highest BCUT2D eigenvalue weighted by Gasteiger charge is 2.10. The molecule has 0 aliphatic carbocycles. The second kappa shape index (κ2) is 13.6. The number of unbranched alkanes of at least 4 members (excludes halogenated alkanes) is 1. The zero-order valence-electron chi connectivity index (χ0n) is 18.8. The number of halogens is 1. The van der Waals surface area contributed by atoms with Crippen molar-refractivity contribution < 1.29 is 13.2 Å². The van der Waals surface area contributed by atoms with Crippen LogP contribution < -0.4 is 15.4 Å². The Balaban J connectivity index is 0.00000480. The molecule has 2 N–H and O–H groups in total. The number of benzene rings is 2. The van der Waals surface area contributed by atoms with E-state index in [0.29, 0.717) is 11.4 Å². The Labute approximate surface area is 203 Å². The summed E-state index contributed by atoms with van der Waals surface area (Å²) in [5.41, 5.74) is 3.04. The molecule has 0 spiro atoms. The molecule has 2 aromatic rings. The molecular weight excluding hydrogens is 525 g/mol. The summed E-state index contributed by atoms with van der Waals surface area (Å²) in [6, 6.07) is 13.6. The molecule has 2 aromatic carbocycles. The van der Waals surface area contributed by atoms with Gasteiger partial charge in [-0.25, -0.2) is 13.4 Å². The third kappa shape index (κ3) is 9.47. The van der Waals surface area contributed by atoms with Gasteiger partial charge in [0.25, 0.3) is 0 Å². The lowest BCUT2D eigenvalue weighted by molar-refractivity contribution is 0.414. The molecule has 0 aliphatic heterocycles. The Bertz CT molecular complexity index is 945. The lowest BCUT2D eigenvalue weighted by Gasteiger charge is -2.12. The van der Waals surface area contributed by atoms with Crippen molar-refractivity contribution in [3.63, 3.8) is 0 Å². The molecule has 0 aliphatic rings. The van der Waals surface area contributed by atoms with E-state index in [4.69, 9.17) is 4.74 Å². The van der Waals surface area contributed by atoms with E-state index in [-0.39, 0.29) is 24.0 Å². The van der Waals surface area contributed by atoms with E-state index in [0.717, 1.165) is 55.2 Å². The number of nitrogens with zero attached hydrogens (tertiary/aromatic N) is 1. The topological polar surface area (TPSA) is 79.8 Å². The number of nitrogens with one attached hydrogen (secondary N) is 2. The van der Waals surface area contributed by atoms with Gasteiger partial charge in [-0.05, 0) is 68.0 Å². The molecule has 6 nitrogen and oxygen atoms in total. The summed E-state index contributed by atoms with van der Waals surface area (Å²) >= 11 is 0. The molecule has 0 fully saturated rings. The van der Waals surface area contributed by atoms with E-state index in [2.05, 4.69) is 27.8 Å². The SMILES string of the molecule is CCNC(=NCc1ccc(S(C)(=O)=O)c(C)c1)NCCCCc1ccc(OC)cc1.I. The molecule has 0 saturated carbocycles. The quantitative estimate of drug-likeness (QED) is 0.198. The third-order valence-electron chi connectivity index (χ3n) is 4.75. The lowest BCUT2D eigenvalue weighted by Crippen LogP contribution is -2.37.